The van der Waals surface area contributed by atoms with Crippen molar-refractivity contribution in [2.24, 2.45) is 5.73 Å². The fourth-order valence-corrected chi connectivity index (χ4v) is 1.18. The Hall–Kier alpha value is -2.24. The third-order valence-corrected chi connectivity index (χ3v) is 2.51. The maximum Gasteiger partial charge on any atom is 0.328 e. The van der Waals surface area contributed by atoms with Crippen LogP contribution in [0.1, 0.15) is 6.92 Å². The van der Waals surface area contributed by atoms with E-state index in [1.807, 2.05) is 5.32 Å². The van der Waals surface area contributed by atoms with Gasteiger partial charge in [0, 0.05) is 0 Å². The number of amides is 3. The fourth-order valence-electron chi connectivity index (χ4n) is 1.18. The first-order chi connectivity index (χ1) is 10.2. The standard InChI is InChI=1S/C11H20N4O7/c1-5(17)9(12)10(20)14-2-7(18)13-3-8(19)15-6(4-16)11(21)22/h5-6,9,16-17H,2-4,12H2,1H3,(H,13,18)(H,14,20)(H,15,19)(H,21,22)/t5-,6-,9-/m0/s1. The van der Waals surface area contributed by atoms with Gasteiger partial charge in [0.05, 0.1) is 25.8 Å². The number of carbonyl (C=O) groups is 4. The lowest BCUT2D eigenvalue weighted by Gasteiger charge is -2.14. The van der Waals surface area contributed by atoms with Gasteiger partial charge in [-0.3, -0.25) is 14.4 Å². The molecular weight excluding hydrogens is 300 g/mol. The van der Waals surface area contributed by atoms with Gasteiger partial charge in [-0.2, -0.15) is 0 Å². The Bertz CT molecular complexity index is 427. The van der Waals surface area contributed by atoms with Crippen molar-refractivity contribution in [2.45, 2.75) is 25.1 Å². The van der Waals surface area contributed by atoms with Crippen LogP contribution < -0.4 is 21.7 Å². The molecule has 0 aliphatic rings. The van der Waals surface area contributed by atoms with E-state index in [1.54, 1.807) is 0 Å². The average Bonchev–Trinajstić information content (AvgIpc) is 2.46. The van der Waals surface area contributed by atoms with E-state index < -0.39 is 61.6 Å². The topological polar surface area (TPSA) is 191 Å². The number of rotatable bonds is 9. The molecule has 0 aliphatic carbocycles. The monoisotopic (exact) mass is 320 g/mol. The lowest BCUT2D eigenvalue weighted by molar-refractivity contribution is -0.142. The van der Waals surface area contributed by atoms with Gasteiger partial charge in [-0.15, -0.1) is 0 Å². The van der Waals surface area contributed by atoms with Gasteiger partial charge in [-0.1, -0.05) is 0 Å². The first-order valence-corrected chi connectivity index (χ1v) is 6.30. The van der Waals surface area contributed by atoms with Crippen LogP contribution in [0.3, 0.4) is 0 Å². The van der Waals surface area contributed by atoms with Crippen LogP contribution in [0.25, 0.3) is 0 Å². The molecule has 0 unspecified atom stereocenters. The molecule has 3 atom stereocenters. The summed E-state index contributed by atoms with van der Waals surface area (Å²) < 4.78 is 0. The van der Waals surface area contributed by atoms with Gasteiger partial charge in [-0.25, -0.2) is 4.79 Å². The molecule has 11 nitrogen and oxygen atoms in total. The predicted octanol–water partition coefficient (Wildman–Crippen LogP) is -4.51. The highest BCUT2D eigenvalue weighted by molar-refractivity contribution is 5.90. The zero-order valence-electron chi connectivity index (χ0n) is 11.9. The van der Waals surface area contributed by atoms with Gasteiger partial charge >= 0.3 is 5.97 Å². The van der Waals surface area contributed by atoms with Crippen molar-refractivity contribution in [3.05, 3.63) is 0 Å². The van der Waals surface area contributed by atoms with E-state index in [0.29, 0.717) is 0 Å². The molecule has 0 aliphatic heterocycles. The van der Waals surface area contributed by atoms with Crippen molar-refractivity contribution in [1.29, 1.82) is 0 Å². The second kappa shape index (κ2) is 9.65. The SMILES string of the molecule is C[C@H](O)[C@H](N)C(=O)NCC(=O)NCC(=O)N[C@@H](CO)C(=O)O. The normalized spacial score (nSPS) is 14.4. The minimum absolute atomic E-state index is 0.463. The zero-order valence-corrected chi connectivity index (χ0v) is 11.9. The van der Waals surface area contributed by atoms with Crippen LogP contribution in [0.5, 0.6) is 0 Å². The summed E-state index contributed by atoms with van der Waals surface area (Å²) in [6.45, 7) is -0.465. The molecule has 0 spiro atoms. The van der Waals surface area contributed by atoms with E-state index >= 15 is 0 Å². The number of carbonyl (C=O) groups excluding carboxylic acids is 3. The first-order valence-electron chi connectivity index (χ1n) is 6.30. The van der Waals surface area contributed by atoms with Crippen LogP contribution in [0.4, 0.5) is 0 Å². The van der Waals surface area contributed by atoms with E-state index in [9.17, 15) is 19.2 Å². The molecule has 0 radical (unpaired) electrons. The number of aliphatic hydroxyl groups is 2. The van der Waals surface area contributed by atoms with E-state index in [0.717, 1.165) is 0 Å². The van der Waals surface area contributed by atoms with E-state index in [1.165, 1.54) is 6.92 Å². The quantitative estimate of drug-likeness (QED) is 0.221. The number of carboxylic acid groups (broad SMARTS) is 1. The molecule has 126 valence electrons. The Balaban J connectivity index is 4.06. The minimum Gasteiger partial charge on any atom is -0.480 e. The summed E-state index contributed by atoms with van der Waals surface area (Å²) in [5.41, 5.74) is 5.33. The number of aliphatic hydroxyl groups excluding tert-OH is 2. The van der Waals surface area contributed by atoms with Gasteiger partial charge in [0.15, 0.2) is 0 Å². The third kappa shape index (κ3) is 7.52. The molecule has 0 rings (SSSR count). The van der Waals surface area contributed by atoms with Crippen LogP contribution in [0, 0.1) is 0 Å². The molecule has 0 aromatic carbocycles. The van der Waals surface area contributed by atoms with Crippen LogP contribution in [0.2, 0.25) is 0 Å². The van der Waals surface area contributed by atoms with Crippen LogP contribution in [-0.4, -0.2) is 76.9 Å². The Kier molecular flexibility index (Phi) is 8.67. The summed E-state index contributed by atoms with van der Waals surface area (Å²) in [5.74, 6) is -3.68. The minimum atomic E-state index is -1.46. The van der Waals surface area contributed by atoms with Crippen molar-refractivity contribution >= 4 is 23.7 Å². The molecule has 22 heavy (non-hydrogen) atoms. The molecule has 0 saturated carbocycles. The van der Waals surface area contributed by atoms with Crippen LogP contribution in [0.15, 0.2) is 0 Å². The number of aliphatic carboxylic acids is 1. The fraction of sp³-hybridized carbons (Fsp3) is 0.636. The van der Waals surface area contributed by atoms with Gasteiger partial charge in [0.25, 0.3) is 0 Å². The highest BCUT2D eigenvalue weighted by Crippen LogP contribution is 1.87. The number of hydrogen-bond donors (Lipinski definition) is 7. The second-order valence-corrected chi connectivity index (χ2v) is 4.40. The summed E-state index contributed by atoms with van der Waals surface area (Å²) in [4.78, 5) is 44.6. The largest absolute Gasteiger partial charge is 0.480 e. The van der Waals surface area contributed by atoms with Crippen LogP contribution in [-0.2, 0) is 19.2 Å². The van der Waals surface area contributed by atoms with E-state index in [-0.39, 0.29) is 0 Å². The summed E-state index contributed by atoms with van der Waals surface area (Å²) in [7, 11) is 0. The van der Waals surface area contributed by atoms with Crippen molar-refractivity contribution < 1.29 is 34.5 Å². The summed E-state index contributed by atoms with van der Waals surface area (Å²) in [6.07, 6.45) is -1.08. The molecule has 11 heteroatoms. The van der Waals surface area contributed by atoms with Crippen molar-refractivity contribution in [2.75, 3.05) is 19.7 Å². The molecule has 0 fully saturated rings. The lowest BCUT2D eigenvalue weighted by Crippen LogP contribution is -2.51. The number of hydrogen-bond acceptors (Lipinski definition) is 7. The summed E-state index contributed by atoms with van der Waals surface area (Å²) in [5, 5.41) is 32.6. The molecule has 0 aromatic rings. The number of nitrogens with one attached hydrogen (secondary N) is 3. The van der Waals surface area contributed by atoms with Gasteiger partial charge in [0.2, 0.25) is 17.7 Å². The van der Waals surface area contributed by atoms with Gasteiger partial charge in [0.1, 0.15) is 12.1 Å². The predicted molar refractivity (Wildman–Crippen MR) is 72.3 cm³/mol. The third-order valence-electron chi connectivity index (χ3n) is 2.51. The van der Waals surface area contributed by atoms with Gasteiger partial charge in [-0.05, 0) is 6.92 Å². The van der Waals surface area contributed by atoms with E-state index in [4.69, 9.17) is 21.1 Å². The maximum absolute atomic E-state index is 11.4. The second-order valence-electron chi connectivity index (χ2n) is 4.40. The number of nitrogens with two attached hydrogens (primary N) is 1. The van der Waals surface area contributed by atoms with Crippen molar-refractivity contribution in [1.82, 2.24) is 16.0 Å². The lowest BCUT2D eigenvalue weighted by atomic mass is 10.2. The van der Waals surface area contributed by atoms with Crippen LogP contribution >= 0.6 is 0 Å². The Morgan fingerprint density at radius 2 is 1.64 bits per heavy atom. The van der Waals surface area contributed by atoms with Gasteiger partial charge < -0.3 is 37.0 Å². The smallest absolute Gasteiger partial charge is 0.328 e. The van der Waals surface area contributed by atoms with Crippen molar-refractivity contribution in [3.8, 4) is 0 Å². The summed E-state index contributed by atoms with van der Waals surface area (Å²) >= 11 is 0. The Morgan fingerprint density at radius 1 is 1.09 bits per heavy atom. The first kappa shape index (κ1) is 19.8. The average molecular weight is 320 g/mol. The molecule has 8 N–H and O–H groups in total. The Morgan fingerprint density at radius 3 is 2.09 bits per heavy atom. The molecule has 0 saturated heterocycles. The number of carboxylic acids is 1. The summed E-state index contributed by atoms with van der Waals surface area (Å²) in [6, 6.07) is -2.65. The maximum atomic E-state index is 11.4. The highest BCUT2D eigenvalue weighted by Gasteiger charge is 2.20. The molecule has 0 heterocycles. The van der Waals surface area contributed by atoms with Crippen molar-refractivity contribution in [3.63, 3.8) is 0 Å². The molecule has 0 bridgehead atoms. The Labute approximate surface area is 125 Å². The highest BCUT2D eigenvalue weighted by atomic mass is 16.4. The van der Waals surface area contributed by atoms with E-state index in [2.05, 4.69) is 10.6 Å². The zero-order chi connectivity index (χ0) is 17.3. The molecular formula is C11H20N4O7. The molecule has 0 aromatic heterocycles. The molecule has 3 amide bonds.